The summed E-state index contributed by atoms with van der Waals surface area (Å²) in [6.07, 6.45) is 5.88. The Hall–Kier alpha value is -2.77. The minimum atomic E-state index is -0.307. The lowest BCUT2D eigenvalue weighted by Gasteiger charge is -2.13. The molecule has 1 aliphatic rings. The molecular formula is C25H28ClN3O3S. The summed E-state index contributed by atoms with van der Waals surface area (Å²) in [6.45, 7) is 6.89. The molecule has 6 nitrogen and oxygen atoms in total. The van der Waals surface area contributed by atoms with Crippen LogP contribution in [0.2, 0.25) is 5.02 Å². The van der Waals surface area contributed by atoms with Crippen molar-refractivity contribution in [2.24, 2.45) is 10.2 Å². The summed E-state index contributed by atoms with van der Waals surface area (Å²) < 4.78 is 11.2. The van der Waals surface area contributed by atoms with Gasteiger partial charge in [-0.2, -0.15) is 5.10 Å². The highest BCUT2D eigenvalue weighted by Crippen LogP contribution is 2.32. The van der Waals surface area contributed by atoms with E-state index >= 15 is 0 Å². The fraction of sp³-hybridized carbons (Fsp3) is 0.320. The summed E-state index contributed by atoms with van der Waals surface area (Å²) in [6, 6.07) is 13.2. The van der Waals surface area contributed by atoms with E-state index in [0.29, 0.717) is 41.3 Å². The van der Waals surface area contributed by atoms with Crippen molar-refractivity contribution in [2.45, 2.75) is 31.4 Å². The Morgan fingerprint density at radius 1 is 1.24 bits per heavy atom. The van der Waals surface area contributed by atoms with Gasteiger partial charge in [0.1, 0.15) is 0 Å². The van der Waals surface area contributed by atoms with Crippen molar-refractivity contribution in [2.75, 3.05) is 20.3 Å². The second-order valence-electron chi connectivity index (χ2n) is 7.38. The number of thioether (sulfide) groups is 1. The van der Waals surface area contributed by atoms with Gasteiger partial charge in [0.25, 0.3) is 0 Å². The molecule has 8 heteroatoms. The van der Waals surface area contributed by atoms with Crippen LogP contribution in [0.5, 0.6) is 11.5 Å². The standard InChI is InChI=1S/C25H28ClN3O3S/c1-4-6-14-32-21-12-11-18(15-22(21)31-3)17-27-28-25-29(13-5-2)24(30)23(33-25)16-19-9-7-8-10-20(19)26/h5,7-12,15,17,23H,2,4,6,13-14,16H2,1,3H3. The van der Waals surface area contributed by atoms with Gasteiger partial charge in [-0.25, -0.2) is 0 Å². The van der Waals surface area contributed by atoms with E-state index in [-0.39, 0.29) is 11.2 Å². The molecule has 1 atom stereocenters. The molecule has 2 aromatic rings. The summed E-state index contributed by atoms with van der Waals surface area (Å²) in [5.74, 6) is 1.32. The number of benzene rings is 2. The fourth-order valence-corrected chi connectivity index (χ4v) is 4.58. The number of amidine groups is 1. The van der Waals surface area contributed by atoms with E-state index in [1.807, 2.05) is 42.5 Å². The van der Waals surface area contributed by atoms with Gasteiger partial charge >= 0.3 is 0 Å². The van der Waals surface area contributed by atoms with Crippen LogP contribution in [0.4, 0.5) is 0 Å². The van der Waals surface area contributed by atoms with E-state index in [2.05, 4.69) is 23.7 Å². The van der Waals surface area contributed by atoms with E-state index in [9.17, 15) is 4.79 Å². The number of methoxy groups -OCH3 is 1. The predicted molar refractivity (Wildman–Crippen MR) is 137 cm³/mol. The zero-order valence-corrected chi connectivity index (χ0v) is 20.4. The molecule has 0 N–H and O–H groups in total. The maximum absolute atomic E-state index is 12.9. The summed E-state index contributed by atoms with van der Waals surface area (Å²) in [5.41, 5.74) is 1.75. The molecule has 0 aliphatic carbocycles. The van der Waals surface area contributed by atoms with Crippen molar-refractivity contribution in [3.05, 3.63) is 71.3 Å². The molecule has 1 amide bonds. The number of halogens is 1. The topological polar surface area (TPSA) is 63.5 Å². The van der Waals surface area contributed by atoms with Crippen LogP contribution in [-0.4, -0.2) is 47.7 Å². The van der Waals surface area contributed by atoms with Crippen LogP contribution in [-0.2, 0) is 11.2 Å². The van der Waals surface area contributed by atoms with E-state index in [1.165, 1.54) is 11.8 Å². The van der Waals surface area contributed by atoms with Crippen LogP contribution in [0, 0.1) is 0 Å². The van der Waals surface area contributed by atoms with Gasteiger partial charge in [-0.1, -0.05) is 61.0 Å². The molecule has 0 aromatic heterocycles. The number of nitrogens with zero attached hydrogens (tertiary/aromatic N) is 3. The molecule has 174 valence electrons. The molecule has 0 bridgehead atoms. The van der Waals surface area contributed by atoms with Crippen LogP contribution in [0.3, 0.4) is 0 Å². The first kappa shape index (κ1) is 24.9. The third-order valence-electron chi connectivity index (χ3n) is 4.99. The number of carbonyl (C=O) groups is 1. The number of ether oxygens (including phenoxy) is 2. The number of hydrogen-bond acceptors (Lipinski definition) is 6. The van der Waals surface area contributed by atoms with Crippen LogP contribution in [0.15, 0.2) is 65.3 Å². The summed E-state index contributed by atoms with van der Waals surface area (Å²) in [4.78, 5) is 14.5. The Morgan fingerprint density at radius 2 is 2.06 bits per heavy atom. The molecule has 0 saturated carbocycles. The summed E-state index contributed by atoms with van der Waals surface area (Å²) >= 11 is 7.67. The lowest BCUT2D eigenvalue weighted by Crippen LogP contribution is -2.32. The number of carbonyl (C=O) groups excluding carboxylic acids is 1. The molecule has 2 aromatic carbocycles. The summed E-state index contributed by atoms with van der Waals surface area (Å²) in [7, 11) is 1.61. The van der Waals surface area contributed by atoms with Crippen LogP contribution < -0.4 is 9.47 Å². The second-order valence-corrected chi connectivity index (χ2v) is 8.96. The Bertz CT molecular complexity index is 1040. The average Bonchev–Trinajstić information content (AvgIpc) is 3.11. The minimum absolute atomic E-state index is 0.0241. The minimum Gasteiger partial charge on any atom is -0.493 e. The highest BCUT2D eigenvalue weighted by molar-refractivity contribution is 8.15. The maximum Gasteiger partial charge on any atom is 0.242 e. The molecule has 3 rings (SSSR count). The smallest absolute Gasteiger partial charge is 0.242 e. The van der Waals surface area contributed by atoms with Gasteiger partial charge in [-0.05, 0) is 48.2 Å². The molecule has 1 saturated heterocycles. The zero-order chi connectivity index (χ0) is 23.6. The SMILES string of the molecule is C=CCN1C(=O)C(Cc2ccccc2Cl)SC1=NN=Cc1ccc(OCCCC)c(OC)c1. The normalized spacial score (nSPS) is 17.2. The predicted octanol–water partition coefficient (Wildman–Crippen LogP) is 5.59. The van der Waals surface area contributed by atoms with Crippen molar-refractivity contribution in [1.82, 2.24) is 4.90 Å². The first-order chi connectivity index (χ1) is 16.1. The molecule has 1 unspecified atom stereocenters. The van der Waals surface area contributed by atoms with E-state index in [1.54, 1.807) is 24.3 Å². The second kappa shape index (κ2) is 12.5. The number of unbranched alkanes of at least 4 members (excludes halogenated alkanes) is 1. The molecule has 1 heterocycles. The molecule has 33 heavy (non-hydrogen) atoms. The van der Waals surface area contributed by atoms with Crippen LogP contribution in [0.25, 0.3) is 0 Å². The van der Waals surface area contributed by atoms with Gasteiger partial charge in [-0.3, -0.25) is 9.69 Å². The molecule has 0 radical (unpaired) electrons. The zero-order valence-electron chi connectivity index (χ0n) is 18.9. The monoisotopic (exact) mass is 485 g/mol. The van der Waals surface area contributed by atoms with Gasteiger partial charge in [0, 0.05) is 11.6 Å². The Labute approximate surface area is 204 Å². The van der Waals surface area contributed by atoms with Gasteiger partial charge in [0.15, 0.2) is 16.7 Å². The first-order valence-corrected chi connectivity index (χ1v) is 12.1. The number of rotatable bonds is 11. The molecule has 1 fully saturated rings. The molecule has 0 spiro atoms. The molecule has 1 aliphatic heterocycles. The summed E-state index contributed by atoms with van der Waals surface area (Å²) in [5, 5.41) is 9.43. The van der Waals surface area contributed by atoms with Crippen LogP contribution in [0.1, 0.15) is 30.9 Å². The molecular weight excluding hydrogens is 458 g/mol. The van der Waals surface area contributed by atoms with Crippen molar-refractivity contribution in [1.29, 1.82) is 0 Å². The quantitative estimate of drug-likeness (QED) is 0.180. The van der Waals surface area contributed by atoms with Crippen molar-refractivity contribution in [3.63, 3.8) is 0 Å². The van der Waals surface area contributed by atoms with Gasteiger partial charge in [-0.15, -0.1) is 11.7 Å². The lowest BCUT2D eigenvalue weighted by atomic mass is 10.1. The Morgan fingerprint density at radius 3 is 2.79 bits per heavy atom. The van der Waals surface area contributed by atoms with E-state index < -0.39 is 0 Å². The number of hydrogen-bond donors (Lipinski definition) is 0. The third-order valence-corrected chi connectivity index (χ3v) is 6.52. The highest BCUT2D eigenvalue weighted by Gasteiger charge is 2.37. The number of amides is 1. The van der Waals surface area contributed by atoms with E-state index in [0.717, 1.165) is 24.0 Å². The van der Waals surface area contributed by atoms with E-state index in [4.69, 9.17) is 21.1 Å². The third kappa shape index (κ3) is 6.62. The average molecular weight is 486 g/mol. The van der Waals surface area contributed by atoms with Crippen molar-refractivity contribution in [3.8, 4) is 11.5 Å². The maximum atomic E-state index is 12.9. The van der Waals surface area contributed by atoms with Crippen molar-refractivity contribution < 1.29 is 14.3 Å². The van der Waals surface area contributed by atoms with Crippen LogP contribution >= 0.6 is 23.4 Å². The Balaban J connectivity index is 1.73. The van der Waals surface area contributed by atoms with Crippen molar-refractivity contribution >= 4 is 40.7 Å². The highest BCUT2D eigenvalue weighted by atomic mass is 35.5. The van der Waals surface area contributed by atoms with Gasteiger partial charge < -0.3 is 9.47 Å². The van der Waals surface area contributed by atoms with Gasteiger partial charge in [0.05, 0.1) is 25.2 Å². The largest absolute Gasteiger partial charge is 0.493 e. The fourth-order valence-electron chi connectivity index (χ4n) is 3.23. The first-order valence-electron chi connectivity index (χ1n) is 10.8. The lowest BCUT2D eigenvalue weighted by molar-refractivity contribution is -0.125. The van der Waals surface area contributed by atoms with Gasteiger partial charge in [0.2, 0.25) is 5.91 Å². The Kier molecular flexibility index (Phi) is 9.39.